The molecule has 0 amide bonds. The Morgan fingerprint density at radius 3 is 2.30 bits per heavy atom. The number of rotatable bonds is 4. The Balaban J connectivity index is 2.40. The SMILES string of the molecule is COc1cc(Br)c(Cn2nc(C)c(Br)c2N)cc1OC. The van der Waals surface area contributed by atoms with Gasteiger partial charge >= 0.3 is 0 Å². The number of nitrogens with two attached hydrogens (primary N) is 1. The van der Waals surface area contributed by atoms with E-state index in [9.17, 15) is 0 Å². The second kappa shape index (κ2) is 6.05. The topological polar surface area (TPSA) is 62.3 Å². The lowest BCUT2D eigenvalue weighted by molar-refractivity contribution is 0.354. The third-order valence-electron chi connectivity index (χ3n) is 2.96. The zero-order valence-corrected chi connectivity index (χ0v) is 14.6. The van der Waals surface area contributed by atoms with Crippen molar-refractivity contribution in [3.8, 4) is 11.5 Å². The highest BCUT2D eigenvalue weighted by Crippen LogP contribution is 2.34. The van der Waals surface area contributed by atoms with Gasteiger partial charge in [-0.2, -0.15) is 5.10 Å². The van der Waals surface area contributed by atoms with Crippen molar-refractivity contribution in [2.45, 2.75) is 13.5 Å². The van der Waals surface area contributed by atoms with E-state index in [1.165, 1.54) is 0 Å². The number of hydrogen-bond donors (Lipinski definition) is 1. The molecule has 1 aromatic carbocycles. The first-order chi connectivity index (χ1) is 9.47. The van der Waals surface area contributed by atoms with E-state index in [1.54, 1.807) is 18.9 Å². The van der Waals surface area contributed by atoms with Gasteiger partial charge in [-0.25, -0.2) is 4.68 Å². The zero-order valence-electron chi connectivity index (χ0n) is 11.4. The fourth-order valence-electron chi connectivity index (χ4n) is 1.88. The van der Waals surface area contributed by atoms with Crippen molar-refractivity contribution < 1.29 is 9.47 Å². The van der Waals surface area contributed by atoms with Gasteiger partial charge in [0.15, 0.2) is 11.5 Å². The highest BCUT2D eigenvalue weighted by atomic mass is 79.9. The van der Waals surface area contributed by atoms with E-state index in [1.807, 2.05) is 19.1 Å². The van der Waals surface area contributed by atoms with Gasteiger partial charge in [0, 0.05) is 4.47 Å². The van der Waals surface area contributed by atoms with E-state index >= 15 is 0 Å². The number of methoxy groups -OCH3 is 2. The van der Waals surface area contributed by atoms with Crippen molar-refractivity contribution in [2.24, 2.45) is 0 Å². The molecule has 20 heavy (non-hydrogen) atoms. The van der Waals surface area contributed by atoms with Gasteiger partial charge in [-0.1, -0.05) is 15.9 Å². The third-order valence-corrected chi connectivity index (χ3v) is 4.68. The van der Waals surface area contributed by atoms with Crippen LogP contribution in [0.1, 0.15) is 11.3 Å². The molecule has 0 radical (unpaired) electrons. The van der Waals surface area contributed by atoms with E-state index in [0.717, 1.165) is 20.2 Å². The molecule has 0 aliphatic carbocycles. The minimum absolute atomic E-state index is 0.541. The zero-order chi connectivity index (χ0) is 14.9. The van der Waals surface area contributed by atoms with Gasteiger partial charge in [0.25, 0.3) is 0 Å². The Kier molecular flexibility index (Phi) is 4.59. The summed E-state index contributed by atoms with van der Waals surface area (Å²) in [6, 6.07) is 3.78. The summed E-state index contributed by atoms with van der Waals surface area (Å²) in [6.07, 6.45) is 0. The lowest BCUT2D eigenvalue weighted by Gasteiger charge is -2.12. The van der Waals surface area contributed by atoms with Crippen molar-refractivity contribution in [2.75, 3.05) is 20.0 Å². The molecule has 108 valence electrons. The molecule has 0 spiro atoms. The van der Waals surface area contributed by atoms with E-state index in [-0.39, 0.29) is 0 Å². The maximum atomic E-state index is 6.01. The van der Waals surface area contributed by atoms with Gasteiger partial charge in [0.05, 0.1) is 30.9 Å². The standard InChI is InChI=1S/C13H15Br2N3O2/c1-7-12(15)13(16)18(17-7)6-8-4-10(19-2)11(20-3)5-9(8)14/h4-5H,6,16H2,1-3H3. The van der Waals surface area contributed by atoms with Gasteiger partial charge in [-0.15, -0.1) is 0 Å². The summed E-state index contributed by atoms with van der Waals surface area (Å²) in [5.41, 5.74) is 7.87. The number of hydrogen-bond acceptors (Lipinski definition) is 4. The van der Waals surface area contributed by atoms with E-state index in [2.05, 4.69) is 37.0 Å². The lowest BCUT2D eigenvalue weighted by atomic mass is 10.2. The molecule has 0 fully saturated rings. The minimum Gasteiger partial charge on any atom is -0.493 e. The fourth-order valence-corrected chi connectivity index (χ4v) is 2.61. The van der Waals surface area contributed by atoms with Gasteiger partial charge in [-0.05, 0) is 40.5 Å². The van der Waals surface area contributed by atoms with Crippen LogP contribution in [-0.2, 0) is 6.54 Å². The molecule has 2 N–H and O–H groups in total. The van der Waals surface area contributed by atoms with Crippen LogP contribution in [0.5, 0.6) is 11.5 Å². The van der Waals surface area contributed by atoms with Crippen LogP contribution in [0, 0.1) is 6.92 Å². The molecule has 2 aromatic rings. The normalized spacial score (nSPS) is 10.7. The second-order valence-electron chi connectivity index (χ2n) is 4.24. The molecule has 0 unspecified atom stereocenters. The van der Waals surface area contributed by atoms with Crippen LogP contribution in [0.25, 0.3) is 0 Å². The Morgan fingerprint density at radius 2 is 1.80 bits per heavy atom. The summed E-state index contributed by atoms with van der Waals surface area (Å²) in [5, 5.41) is 4.40. The van der Waals surface area contributed by atoms with Crippen LogP contribution in [0.4, 0.5) is 5.82 Å². The number of aryl methyl sites for hydroxylation is 1. The number of halogens is 2. The Bertz CT molecular complexity index is 641. The van der Waals surface area contributed by atoms with Crippen molar-refractivity contribution in [3.05, 3.63) is 32.3 Å². The predicted octanol–water partition coefficient (Wildman–Crippen LogP) is 3.36. The number of aromatic nitrogens is 2. The molecule has 0 aliphatic heterocycles. The third kappa shape index (κ3) is 2.78. The summed E-state index contributed by atoms with van der Waals surface area (Å²) in [7, 11) is 3.22. The van der Waals surface area contributed by atoms with Crippen LogP contribution in [0.3, 0.4) is 0 Å². The van der Waals surface area contributed by atoms with Crippen LogP contribution < -0.4 is 15.2 Å². The van der Waals surface area contributed by atoms with Gasteiger partial charge in [0.2, 0.25) is 0 Å². The van der Waals surface area contributed by atoms with E-state index in [0.29, 0.717) is 23.9 Å². The van der Waals surface area contributed by atoms with Gasteiger partial charge in [-0.3, -0.25) is 0 Å². The number of ether oxygens (including phenoxy) is 2. The number of anilines is 1. The molecular weight excluding hydrogens is 390 g/mol. The highest BCUT2D eigenvalue weighted by molar-refractivity contribution is 9.11. The van der Waals surface area contributed by atoms with E-state index < -0.39 is 0 Å². The van der Waals surface area contributed by atoms with Crippen LogP contribution >= 0.6 is 31.9 Å². The smallest absolute Gasteiger partial charge is 0.161 e. The molecule has 1 aromatic heterocycles. The van der Waals surface area contributed by atoms with Crippen molar-refractivity contribution in [1.29, 1.82) is 0 Å². The molecule has 0 saturated carbocycles. The summed E-state index contributed by atoms with van der Waals surface area (Å²) in [6.45, 7) is 2.44. The minimum atomic E-state index is 0.541. The molecular formula is C13H15Br2N3O2. The second-order valence-corrected chi connectivity index (χ2v) is 5.89. The van der Waals surface area contributed by atoms with Gasteiger partial charge in [0.1, 0.15) is 5.82 Å². The van der Waals surface area contributed by atoms with Crippen molar-refractivity contribution >= 4 is 37.7 Å². The number of nitrogen functional groups attached to an aromatic ring is 1. The first kappa shape index (κ1) is 15.2. The average molecular weight is 405 g/mol. The monoisotopic (exact) mass is 403 g/mol. The average Bonchev–Trinajstić information content (AvgIpc) is 2.68. The Morgan fingerprint density at radius 1 is 1.20 bits per heavy atom. The van der Waals surface area contributed by atoms with Crippen LogP contribution in [0.2, 0.25) is 0 Å². The summed E-state index contributed by atoms with van der Waals surface area (Å²) in [4.78, 5) is 0. The summed E-state index contributed by atoms with van der Waals surface area (Å²) in [5.74, 6) is 1.95. The fraction of sp³-hybridized carbons (Fsp3) is 0.308. The van der Waals surface area contributed by atoms with Crippen molar-refractivity contribution in [1.82, 2.24) is 9.78 Å². The van der Waals surface area contributed by atoms with Crippen LogP contribution in [0.15, 0.2) is 21.1 Å². The quantitative estimate of drug-likeness (QED) is 0.848. The Hall–Kier alpha value is -1.21. The number of nitrogens with zero attached hydrogens (tertiary/aromatic N) is 2. The molecule has 0 atom stereocenters. The largest absolute Gasteiger partial charge is 0.493 e. The Labute approximate surface area is 134 Å². The molecule has 2 rings (SSSR count). The molecule has 0 bridgehead atoms. The van der Waals surface area contributed by atoms with Crippen molar-refractivity contribution in [3.63, 3.8) is 0 Å². The first-order valence-corrected chi connectivity index (χ1v) is 7.45. The predicted molar refractivity (Wildman–Crippen MR) is 85.4 cm³/mol. The maximum absolute atomic E-state index is 6.01. The molecule has 0 aliphatic rings. The highest BCUT2D eigenvalue weighted by Gasteiger charge is 2.14. The molecule has 7 heteroatoms. The summed E-state index contributed by atoms with van der Waals surface area (Å²) >= 11 is 6.95. The lowest BCUT2D eigenvalue weighted by Crippen LogP contribution is -2.07. The van der Waals surface area contributed by atoms with Gasteiger partial charge < -0.3 is 15.2 Å². The molecule has 5 nitrogen and oxygen atoms in total. The maximum Gasteiger partial charge on any atom is 0.161 e. The molecule has 0 saturated heterocycles. The first-order valence-electron chi connectivity index (χ1n) is 5.86. The number of benzene rings is 1. The van der Waals surface area contributed by atoms with E-state index in [4.69, 9.17) is 15.2 Å². The molecule has 1 heterocycles. The van der Waals surface area contributed by atoms with Crippen LogP contribution in [-0.4, -0.2) is 24.0 Å². The summed E-state index contributed by atoms with van der Waals surface area (Å²) < 4.78 is 14.1.